The van der Waals surface area contributed by atoms with E-state index in [1.807, 2.05) is 18.2 Å². The van der Waals surface area contributed by atoms with Crippen LogP contribution in [0.25, 0.3) is 49.7 Å². The van der Waals surface area contributed by atoms with Gasteiger partial charge in [-0.2, -0.15) is 5.26 Å². The first-order valence-corrected chi connectivity index (χ1v) is 13.5. The SMILES string of the molecule is N#Cc1cc(-c2cccc(Cc3ccccc3)c2)cc(-c2cccc(-n3c4ccccc4c4ccccc43)c2)c1. The summed E-state index contributed by atoms with van der Waals surface area (Å²) in [7, 11) is 0. The van der Waals surface area contributed by atoms with Gasteiger partial charge in [0.1, 0.15) is 0 Å². The zero-order chi connectivity index (χ0) is 26.9. The number of aromatic nitrogens is 1. The van der Waals surface area contributed by atoms with E-state index in [1.54, 1.807) is 0 Å². The molecular formula is C38H26N2. The topological polar surface area (TPSA) is 28.7 Å². The van der Waals surface area contributed by atoms with Crippen LogP contribution in [-0.4, -0.2) is 4.57 Å². The first-order chi connectivity index (χ1) is 19.8. The van der Waals surface area contributed by atoms with Crippen LogP contribution < -0.4 is 0 Å². The molecule has 2 heteroatoms. The number of nitrogens with zero attached hydrogens (tertiary/aromatic N) is 2. The van der Waals surface area contributed by atoms with Crippen molar-refractivity contribution in [3.63, 3.8) is 0 Å². The lowest BCUT2D eigenvalue weighted by molar-refractivity contribution is 1.18. The number of fused-ring (bicyclic) bond motifs is 3. The summed E-state index contributed by atoms with van der Waals surface area (Å²) in [5.74, 6) is 0. The average Bonchev–Trinajstić information content (AvgIpc) is 3.36. The molecule has 1 aromatic heterocycles. The monoisotopic (exact) mass is 510 g/mol. The van der Waals surface area contributed by atoms with Gasteiger partial charge in [-0.25, -0.2) is 0 Å². The van der Waals surface area contributed by atoms with E-state index in [0.29, 0.717) is 5.56 Å². The van der Waals surface area contributed by atoms with Gasteiger partial charge in [-0.05, 0) is 82.3 Å². The van der Waals surface area contributed by atoms with E-state index in [1.165, 1.54) is 32.9 Å². The predicted molar refractivity (Wildman–Crippen MR) is 166 cm³/mol. The minimum absolute atomic E-state index is 0.656. The van der Waals surface area contributed by atoms with Crippen molar-refractivity contribution in [2.24, 2.45) is 0 Å². The molecule has 0 fully saturated rings. The summed E-state index contributed by atoms with van der Waals surface area (Å²) in [5.41, 5.74) is 10.9. The Balaban J connectivity index is 1.32. The largest absolute Gasteiger partial charge is 0.309 e. The summed E-state index contributed by atoms with van der Waals surface area (Å²) in [5, 5.41) is 12.4. The number of benzene rings is 6. The number of nitriles is 1. The smallest absolute Gasteiger partial charge is 0.0992 e. The molecule has 7 aromatic rings. The molecular weight excluding hydrogens is 484 g/mol. The molecule has 0 aliphatic carbocycles. The molecule has 0 spiro atoms. The minimum atomic E-state index is 0.656. The highest BCUT2D eigenvalue weighted by Crippen LogP contribution is 2.34. The first-order valence-electron chi connectivity index (χ1n) is 13.5. The Morgan fingerprint density at radius 1 is 0.475 bits per heavy atom. The Hall–Kier alpha value is -5.39. The van der Waals surface area contributed by atoms with Crippen LogP contribution >= 0.6 is 0 Å². The van der Waals surface area contributed by atoms with Gasteiger partial charge in [0.15, 0.2) is 0 Å². The van der Waals surface area contributed by atoms with Crippen LogP contribution in [0.4, 0.5) is 0 Å². The van der Waals surface area contributed by atoms with Gasteiger partial charge in [0.05, 0.1) is 22.7 Å². The number of rotatable bonds is 5. The van der Waals surface area contributed by atoms with Gasteiger partial charge >= 0.3 is 0 Å². The van der Waals surface area contributed by atoms with Gasteiger partial charge in [-0.3, -0.25) is 0 Å². The molecule has 7 rings (SSSR count). The molecule has 6 aromatic carbocycles. The minimum Gasteiger partial charge on any atom is -0.309 e. The molecule has 0 bridgehead atoms. The van der Waals surface area contributed by atoms with Crippen LogP contribution in [0.3, 0.4) is 0 Å². The van der Waals surface area contributed by atoms with Gasteiger partial charge in [0, 0.05) is 16.5 Å². The van der Waals surface area contributed by atoms with Crippen LogP contribution in [0.15, 0.2) is 146 Å². The van der Waals surface area contributed by atoms with E-state index in [0.717, 1.165) is 34.4 Å². The molecule has 0 atom stereocenters. The molecule has 0 aliphatic rings. The summed E-state index contributed by atoms with van der Waals surface area (Å²) < 4.78 is 2.33. The average molecular weight is 511 g/mol. The van der Waals surface area contributed by atoms with Gasteiger partial charge in [-0.1, -0.05) is 103 Å². The highest BCUT2D eigenvalue weighted by molar-refractivity contribution is 6.09. The standard InChI is InChI=1S/C38H26N2/c39-26-29-22-32(30-13-8-12-28(21-30)20-27-10-2-1-3-11-27)24-33(23-29)31-14-9-15-34(25-31)40-37-18-6-4-16-35(37)36-17-5-7-19-38(36)40/h1-19,21-25H,20H2. The zero-order valence-electron chi connectivity index (χ0n) is 22.0. The third kappa shape index (κ3) is 4.34. The summed E-state index contributed by atoms with van der Waals surface area (Å²) in [6.07, 6.45) is 0.875. The summed E-state index contributed by atoms with van der Waals surface area (Å²) in [6.45, 7) is 0. The fourth-order valence-corrected chi connectivity index (χ4v) is 5.74. The number of hydrogen-bond donors (Lipinski definition) is 0. The molecule has 40 heavy (non-hydrogen) atoms. The molecule has 0 unspecified atom stereocenters. The predicted octanol–water partition coefficient (Wildman–Crippen LogP) is 9.58. The normalized spacial score (nSPS) is 11.1. The van der Waals surface area contributed by atoms with Crippen molar-refractivity contribution in [2.45, 2.75) is 6.42 Å². The highest BCUT2D eigenvalue weighted by Gasteiger charge is 2.13. The van der Waals surface area contributed by atoms with E-state index in [9.17, 15) is 5.26 Å². The zero-order valence-corrected chi connectivity index (χ0v) is 22.0. The van der Waals surface area contributed by atoms with Crippen molar-refractivity contribution in [1.82, 2.24) is 4.57 Å². The first kappa shape index (κ1) is 23.7. The molecule has 2 nitrogen and oxygen atoms in total. The maximum Gasteiger partial charge on any atom is 0.0992 e. The van der Waals surface area contributed by atoms with Crippen LogP contribution in [0, 0.1) is 11.3 Å². The molecule has 0 aliphatic heterocycles. The van der Waals surface area contributed by atoms with E-state index >= 15 is 0 Å². The van der Waals surface area contributed by atoms with E-state index < -0.39 is 0 Å². The molecule has 0 radical (unpaired) electrons. The third-order valence-corrected chi connectivity index (χ3v) is 7.59. The summed E-state index contributed by atoms with van der Waals surface area (Å²) >= 11 is 0. The maximum atomic E-state index is 9.92. The number of para-hydroxylation sites is 2. The third-order valence-electron chi connectivity index (χ3n) is 7.59. The highest BCUT2D eigenvalue weighted by atomic mass is 15.0. The number of hydrogen-bond acceptors (Lipinski definition) is 1. The van der Waals surface area contributed by atoms with Crippen molar-refractivity contribution in [3.8, 4) is 34.0 Å². The Kier molecular flexibility index (Phi) is 5.96. The lowest BCUT2D eigenvalue weighted by atomic mass is 9.94. The van der Waals surface area contributed by atoms with Crippen LogP contribution in [0.2, 0.25) is 0 Å². The van der Waals surface area contributed by atoms with Crippen LogP contribution in [0.5, 0.6) is 0 Å². The Labute approximate surface area is 234 Å². The van der Waals surface area contributed by atoms with Crippen molar-refractivity contribution >= 4 is 21.8 Å². The second-order valence-electron chi connectivity index (χ2n) is 10.2. The molecule has 1 heterocycles. The molecule has 0 saturated carbocycles. The Morgan fingerprint density at radius 3 is 1.73 bits per heavy atom. The van der Waals surface area contributed by atoms with E-state index in [2.05, 4.69) is 138 Å². The van der Waals surface area contributed by atoms with Crippen LogP contribution in [-0.2, 0) is 6.42 Å². The maximum absolute atomic E-state index is 9.92. The quantitative estimate of drug-likeness (QED) is 0.227. The van der Waals surface area contributed by atoms with Gasteiger partial charge in [-0.15, -0.1) is 0 Å². The van der Waals surface area contributed by atoms with E-state index in [-0.39, 0.29) is 0 Å². The van der Waals surface area contributed by atoms with Crippen molar-refractivity contribution in [3.05, 3.63) is 162 Å². The lowest BCUT2D eigenvalue weighted by Gasteiger charge is -2.12. The molecule has 0 amide bonds. The van der Waals surface area contributed by atoms with Gasteiger partial charge in [0.2, 0.25) is 0 Å². The lowest BCUT2D eigenvalue weighted by Crippen LogP contribution is -1.94. The van der Waals surface area contributed by atoms with Crippen LogP contribution in [0.1, 0.15) is 16.7 Å². The molecule has 0 N–H and O–H groups in total. The fourth-order valence-electron chi connectivity index (χ4n) is 5.74. The summed E-state index contributed by atoms with van der Waals surface area (Å²) in [4.78, 5) is 0. The Bertz CT molecular complexity index is 1990. The Morgan fingerprint density at radius 2 is 1.05 bits per heavy atom. The summed E-state index contributed by atoms with van der Waals surface area (Å²) in [6, 6.07) is 53.5. The second kappa shape index (κ2) is 10.1. The van der Waals surface area contributed by atoms with Crippen molar-refractivity contribution in [1.29, 1.82) is 5.26 Å². The fraction of sp³-hybridized carbons (Fsp3) is 0.0263. The van der Waals surface area contributed by atoms with Crippen molar-refractivity contribution < 1.29 is 0 Å². The van der Waals surface area contributed by atoms with E-state index in [4.69, 9.17) is 0 Å². The second-order valence-corrected chi connectivity index (χ2v) is 10.2. The molecule has 0 saturated heterocycles. The van der Waals surface area contributed by atoms with Gasteiger partial charge < -0.3 is 4.57 Å². The molecule has 188 valence electrons. The van der Waals surface area contributed by atoms with Gasteiger partial charge in [0.25, 0.3) is 0 Å². The van der Waals surface area contributed by atoms with Crippen molar-refractivity contribution in [2.75, 3.05) is 0 Å².